The van der Waals surface area contributed by atoms with E-state index in [-0.39, 0.29) is 35.6 Å². The minimum Gasteiger partial charge on any atom is -0.349 e. The number of rotatable bonds is 6. The van der Waals surface area contributed by atoms with Gasteiger partial charge in [-0.1, -0.05) is 18.2 Å². The Bertz CT molecular complexity index is 1080. The number of halogens is 2. The van der Waals surface area contributed by atoms with E-state index in [1.54, 1.807) is 6.92 Å². The molecule has 166 valence electrons. The molecule has 6 nitrogen and oxygen atoms in total. The summed E-state index contributed by atoms with van der Waals surface area (Å²) in [6.07, 6.45) is 0.697. The molecule has 31 heavy (non-hydrogen) atoms. The maximum Gasteiger partial charge on any atom is 0.243 e. The van der Waals surface area contributed by atoms with Crippen LogP contribution in [0.15, 0.2) is 47.4 Å². The highest BCUT2D eigenvalue weighted by Gasteiger charge is 2.32. The van der Waals surface area contributed by atoms with E-state index in [9.17, 15) is 26.8 Å². The maximum atomic E-state index is 13.4. The first-order chi connectivity index (χ1) is 14.6. The predicted molar refractivity (Wildman–Crippen MR) is 111 cm³/mol. The monoisotopic (exact) mass is 450 g/mol. The van der Waals surface area contributed by atoms with Crippen LogP contribution in [0.3, 0.4) is 0 Å². The van der Waals surface area contributed by atoms with Gasteiger partial charge >= 0.3 is 0 Å². The van der Waals surface area contributed by atoms with E-state index in [0.717, 1.165) is 12.1 Å². The zero-order valence-corrected chi connectivity index (χ0v) is 18.1. The fourth-order valence-electron chi connectivity index (χ4n) is 3.57. The molecule has 0 aromatic heterocycles. The fourth-order valence-corrected chi connectivity index (χ4v) is 5.04. The van der Waals surface area contributed by atoms with Crippen molar-refractivity contribution in [2.45, 2.75) is 37.6 Å². The number of nitrogens with one attached hydrogen (secondary N) is 1. The highest BCUT2D eigenvalue weighted by molar-refractivity contribution is 7.89. The van der Waals surface area contributed by atoms with Gasteiger partial charge in [0.05, 0.1) is 10.9 Å². The molecule has 2 aromatic carbocycles. The number of sulfonamides is 1. The summed E-state index contributed by atoms with van der Waals surface area (Å²) < 4.78 is 53.5. The van der Waals surface area contributed by atoms with Gasteiger partial charge in [-0.15, -0.1) is 0 Å². The highest BCUT2D eigenvalue weighted by Crippen LogP contribution is 2.25. The summed E-state index contributed by atoms with van der Waals surface area (Å²) >= 11 is 0. The van der Waals surface area contributed by atoms with Gasteiger partial charge in [0.25, 0.3) is 0 Å². The Morgan fingerprint density at radius 3 is 2.19 bits per heavy atom. The van der Waals surface area contributed by atoms with Crippen molar-refractivity contribution in [1.29, 1.82) is 0 Å². The van der Waals surface area contributed by atoms with Crippen molar-refractivity contribution in [3.63, 3.8) is 0 Å². The number of benzene rings is 2. The molecule has 0 saturated carbocycles. The summed E-state index contributed by atoms with van der Waals surface area (Å²) in [5.74, 6) is -2.70. The molecular formula is C22H24F2N2O4S. The standard InChI is InChI=1S/C22H24F2N2O4S/c1-14(18-5-8-20(23)21(24)13-18)25-22(28)17-9-11-26(12-10-17)31(29,30)19-6-3-16(4-7-19)15(2)27/h3-8,13-14,17H,9-12H2,1-2H3,(H,25,28). The third-order valence-electron chi connectivity index (χ3n) is 5.53. The minimum atomic E-state index is -3.72. The van der Waals surface area contributed by atoms with Crippen LogP contribution in [0.1, 0.15) is 48.7 Å². The lowest BCUT2D eigenvalue weighted by molar-refractivity contribution is -0.126. The first kappa shape index (κ1) is 23.0. The van der Waals surface area contributed by atoms with E-state index in [0.29, 0.717) is 24.0 Å². The van der Waals surface area contributed by atoms with Crippen LogP contribution >= 0.6 is 0 Å². The summed E-state index contributed by atoms with van der Waals surface area (Å²) in [5, 5.41) is 2.79. The molecule has 0 bridgehead atoms. The number of hydrogen-bond donors (Lipinski definition) is 1. The third-order valence-corrected chi connectivity index (χ3v) is 7.44. The van der Waals surface area contributed by atoms with Crippen molar-refractivity contribution in [3.8, 4) is 0 Å². The zero-order chi connectivity index (χ0) is 22.8. The lowest BCUT2D eigenvalue weighted by Gasteiger charge is -2.31. The molecule has 1 N–H and O–H groups in total. The largest absolute Gasteiger partial charge is 0.349 e. The first-order valence-electron chi connectivity index (χ1n) is 9.96. The second kappa shape index (κ2) is 9.23. The number of nitrogens with zero attached hydrogens (tertiary/aromatic N) is 1. The molecule has 9 heteroatoms. The molecule has 0 aliphatic carbocycles. The van der Waals surface area contributed by atoms with E-state index in [2.05, 4.69) is 5.32 Å². The second-order valence-electron chi connectivity index (χ2n) is 7.66. The van der Waals surface area contributed by atoms with Crippen molar-refractivity contribution in [1.82, 2.24) is 9.62 Å². The number of carbonyl (C=O) groups is 2. The van der Waals surface area contributed by atoms with Crippen LogP contribution in [-0.4, -0.2) is 37.5 Å². The molecule has 1 atom stereocenters. The number of amides is 1. The lowest BCUT2D eigenvalue weighted by atomic mass is 9.96. The third kappa shape index (κ3) is 5.16. The van der Waals surface area contributed by atoms with Crippen LogP contribution in [0, 0.1) is 17.6 Å². The van der Waals surface area contributed by atoms with Gasteiger partial charge in [-0.3, -0.25) is 9.59 Å². The highest BCUT2D eigenvalue weighted by atomic mass is 32.2. The van der Waals surface area contributed by atoms with Gasteiger partial charge in [-0.25, -0.2) is 17.2 Å². The number of carbonyl (C=O) groups excluding carboxylic acids is 2. The quantitative estimate of drug-likeness (QED) is 0.684. The normalized spacial score (nSPS) is 16.6. The Hall–Kier alpha value is -2.65. The maximum absolute atomic E-state index is 13.4. The Morgan fingerprint density at radius 2 is 1.65 bits per heavy atom. The van der Waals surface area contributed by atoms with E-state index >= 15 is 0 Å². The van der Waals surface area contributed by atoms with E-state index in [1.807, 2.05) is 0 Å². The minimum absolute atomic E-state index is 0.104. The van der Waals surface area contributed by atoms with Crippen LogP contribution in [0.2, 0.25) is 0 Å². The molecule has 0 radical (unpaired) electrons. The summed E-state index contributed by atoms with van der Waals surface area (Å²) in [5.41, 5.74) is 0.880. The van der Waals surface area contributed by atoms with Gasteiger partial charge in [0.15, 0.2) is 17.4 Å². The van der Waals surface area contributed by atoms with Crippen molar-refractivity contribution >= 4 is 21.7 Å². The number of Topliss-reactive ketones (excluding diaryl/α,β-unsaturated/α-hetero) is 1. The van der Waals surface area contributed by atoms with E-state index in [1.165, 1.54) is 41.6 Å². The van der Waals surface area contributed by atoms with Crippen molar-refractivity contribution in [2.75, 3.05) is 13.1 Å². The Balaban J connectivity index is 1.59. The second-order valence-corrected chi connectivity index (χ2v) is 9.60. The SMILES string of the molecule is CC(=O)c1ccc(S(=O)(=O)N2CCC(C(=O)NC(C)c3ccc(F)c(F)c3)CC2)cc1. The zero-order valence-electron chi connectivity index (χ0n) is 17.3. The van der Waals surface area contributed by atoms with Crippen LogP contribution in [0.4, 0.5) is 8.78 Å². The van der Waals surface area contributed by atoms with Gasteiger partial charge in [0.1, 0.15) is 0 Å². The molecule has 0 spiro atoms. The summed E-state index contributed by atoms with van der Waals surface area (Å²) in [7, 11) is -3.72. The molecule has 1 fully saturated rings. The van der Waals surface area contributed by atoms with Crippen LogP contribution in [0.5, 0.6) is 0 Å². The smallest absolute Gasteiger partial charge is 0.243 e. The van der Waals surface area contributed by atoms with Crippen molar-refractivity contribution in [3.05, 3.63) is 65.2 Å². The molecule has 1 heterocycles. The molecule has 1 aliphatic rings. The average Bonchev–Trinajstić information content (AvgIpc) is 2.75. The van der Waals surface area contributed by atoms with Gasteiger partial charge in [-0.05, 0) is 56.5 Å². The van der Waals surface area contributed by atoms with E-state index in [4.69, 9.17) is 0 Å². The Labute approximate surface area is 180 Å². The molecule has 1 amide bonds. The summed E-state index contributed by atoms with van der Waals surface area (Å²) in [6, 6.07) is 8.75. The van der Waals surface area contributed by atoms with Crippen molar-refractivity contribution < 1.29 is 26.8 Å². The molecule has 1 saturated heterocycles. The Morgan fingerprint density at radius 1 is 1.03 bits per heavy atom. The molecular weight excluding hydrogens is 426 g/mol. The van der Waals surface area contributed by atoms with Crippen molar-refractivity contribution in [2.24, 2.45) is 5.92 Å². The van der Waals surface area contributed by atoms with Gasteiger partial charge in [0.2, 0.25) is 15.9 Å². The Kier molecular flexibility index (Phi) is 6.86. The van der Waals surface area contributed by atoms with Crippen LogP contribution < -0.4 is 5.32 Å². The summed E-state index contributed by atoms with van der Waals surface area (Å²) in [4.78, 5) is 24.1. The first-order valence-corrected chi connectivity index (χ1v) is 11.4. The lowest BCUT2D eigenvalue weighted by Crippen LogP contribution is -2.43. The number of ketones is 1. The molecule has 1 aliphatic heterocycles. The molecule has 1 unspecified atom stereocenters. The van der Waals surface area contributed by atoms with Gasteiger partial charge < -0.3 is 5.32 Å². The van der Waals surface area contributed by atoms with Gasteiger partial charge in [-0.2, -0.15) is 4.31 Å². The number of hydrogen-bond acceptors (Lipinski definition) is 4. The molecule has 2 aromatic rings. The van der Waals surface area contributed by atoms with Crippen LogP contribution in [0.25, 0.3) is 0 Å². The van der Waals surface area contributed by atoms with E-state index < -0.39 is 27.7 Å². The van der Waals surface area contributed by atoms with Crippen LogP contribution in [-0.2, 0) is 14.8 Å². The fraction of sp³-hybridized carbons (Fsp3) is 0.364. The average molecular weight is 451 g/mol. The number of piperidine rings is 1. The molecule has 3 rings (SSSR count). The topological polar surface area (TPSA) is 83.6 Å². The van der Waals surface area contributed by atoms with Gasteiger partial charge in [0, 0.05) is 24.6 Å². The summed E-state index contributed by atoms with van der Waals surface area (Å²) in [6.45, 7) is 3.46. The predicted octanol–water partition coefficient (Wildman–Crippen LogP) is 3.45.